The van der Waals surface area contributed by atoms with Gasteiger partial charge in [0.25, 0.3) is 0 Å². The van der Waals surface area contributed by atoms with Crippen LogP contribution in [0.5, 0.6) is 0 Å². The average molecular weight is 277 g/mol. The first kappa shape index (κ1) is 13.8. The fraction of sp³-hybridized carbons (Fsp3) is 0.158. The first-order chi connectivity index (χ1) is 10.3. The van der Waals surface area contributed by atoms with Gasteiger partial charge in [-0.25, -0.2) is 0 Å². The first-order valence-corrected chi connectivity index (χ1v) is 7.30. The van der Waals surface area contributed by atoms with Crippen molar-refractivity contribution in [1.29, 1.82) is 0 Å². The molecule has 3 rings (SSSR count). The summed E-state index contributed by atoms with van der Waals surface area (Å²) in [5.41, 5.74) is 2.20. The minimum Gasteiger partial charge on any atom is -0.634 e. The molecule has 3 aromatic carbocycles. The number of hydroxylamine groups is 2. The van der Waals surface area contributed by atoms with Crippen LogP contribution < -0.4 is 5.06 Å². The highest BCUT2D eigenvalue weighted by Crippen LogP contribution is 2.22. The maximum absolute atomic E-state index is 12.6. The van der Waals surface area contributed by atoms with Crippen LogP contribution >= 0.6 is 0 Å². The average Bonchev–Trinajstić information content (AvgIpc) is 2.54. The van der Waals surface area contributed by atoms with E-state index in [1.54, 1.807) is 0 Å². The Labute approximate surface area is 125 Å². The van der Waals surface area contributed by atoms with Crippen LogP contribution in [-0.2, 0) is 6.54 Å². The van der Waals surface area contributed by atoms with Crippen molar-refractivity contribution in [1.82, 2.24) is 0 Å². The number of hydrogen-bond donors (Lipinski definition) is 1. The number of fused-ring (bicyclic) bond motifs is 1. The largest absolute Gasteiger partial charge is 0.634 e. The van der Waals surface area contributed by atoms with Gasteiger partial charge >= 0.3 is 0 Å². The van der Waals surface area contributed by atoms with Crippen molar-refractivity contribution >= 4 is 10.8 Å². The van der Waals surface area contributed by atoms with E-state index in [1.165, 1.54) is 10.8 Å². The molecule has 3 aromatic rings. The Morgan fingerprint density at radius 1 is 0.857 bits per heavy atom. The second-order valence-electron chi connectivity index (χ2n) is 5.42. The van der Waals surface area contributed by atoms with E-state index in [-0.39, 0.29) is 11.1 Å². The van der Waals surface area contributed by atoms with E-state index in [4.69, 9.17) is 0 Å². The van der Waals surface area contributed by atoms with Gasteiger partial charge in [0, 0.05) is 11.1 Å². The molecular formula is C19H19NO. The molecule has 0 spiro atoms. The van der Waals surface area contributed by atoms with Gasteiger partial charge in [-0.05, 0) is 17.7 Å². The molecule has 0 fully saturated rings. The van der Waals surface area contributed by atoms with Crippen molar-refractivity contribution in [3.05, 3.63) is 89.1 Å². The summed E-state index contributed by atoms with van der Waals surface area (Å²) in [7, 11) is 0. The minimum absolute atomic E-state index is 0.0868. The minimum atomic E-state index is -0.0868. The highest BCUT2D eigenvalue weighted by Gasteiger charge is 2.15. The zero-order chi connectivity index (χ0) is 14.7. The summed E-state index contributed by atoms with van der Waals surface area (Å²) in [6.07, 6.45) is 0. The maximum Gasteiger partial charge on any atom is 0.111 e. The monoisotopic (exact) mass is 277 g/mol. The summed E-state index contributed by atoms with van der Waals surface area (Å²) in [5.74, 6) is 0. The van der Waals surface area contributed by atoms with E-state index >= 15 is 0 Å². The quantitative estimate of drug-likeness (QED) is 0.726. The molecule has 1 N–H and O–H groups in total. The summed E-state index contributed by atoms with van der Waals surface area (Å²) >= 11 is 0. The summed E-state index contributed by atoms with van der Waals surface area (Å²) in [6.45, 7) is 2.50. The molecule has 21 heavy (non-hydrogen) atoms. The third-order valence-electron chi connectivity index (χ3n) is 3.99. The van der Waals surface area contributed by atoms with Gasteiger partial charge in [0.15, 0.2) is 0 Å². The Balaban J connectivity index is 1.88. The molecule has 0 amide bonds. The lowest BCUT2D eigenvalue weighted by Gasteiger charge is -2.30. The molecule has 106 valence electrons. The van der Waals surface area contributed by atoms with Gasteiger partial charge in [0.2, 0.25) is 0 Å². The Kier molecular flexibility index (Phi) is 4.00. The molecule has 0 aliphatic rings. The third-order valence-corrected chi connectivity index (χ3v) is 3.99. The van der Waals surface area contributed by atoms with Crippen molar-refractivity contribution in [2.75, 3.05) is 0 Å². The van der Waals surface area contributed by atoms with Crippen molar-refractivity contribution in [2.24, 2.45) is 0 Å². The van der Waals surface area contributed by atoms with Gasteiger partial charge in [-0.2, -0.15) is 0 Å². The highest BCUT2D eigenvalue weighted by atomic mass is 16.5. The number of quaternary nitrogens is 1. The number of benzene rings is 3. The first-order valence-electron chi connectivity index (χ1n) is 7.30. The van der Waals surface area contributed by atoms with E-state index in [9.17, 15) is 5.21 Å². The number of rotatable bonds is 4. The SMILES string of the molecule is CC(c1cccc2ccccc12)[NH+]([O-])Cc1ccccc1. The highest BCUT2D eigenvalue weighted by molar-refractivity contribution is 5.85. The molecule has 0 bridgehead atoms. The van der Waals surface area contributed by atoms with Gasteiger partial charge in [-0.3, -0.25) is 0 Å². The van der Waals surface area contributed by atoms with Crippen LogP contribution in [0.25, 0.3) is 10.8 Å². The van der Waals surface area contributed by atoms with Gasteiger partial charge in [-0.1, -0.05) is 72.8 Å². The molecule has 0 aromatic heterocycles. The van der Waals surface area contributed by atoms with Crippen LogP contribution in [0.4, 0.5) is 0 Å². The summed E-state index contributed by atoms with van der Waals surface area (Å²) < 4.78 is 0. The fourth-order valence-corrected chi connectivity index (χ4v) is 2.75. The van der Waals surface area contributed by atoms with E-state index in [1.807, 2.05) is 55.5 Å². The molecule has 0 aliphatic carbocycles. The van der Waals surface area contributed by atoms with E-state index in [0.29, 0.717) is 6.54 Å². The predicted octanol–water partition coefficient (Wildman–Crippen LogP) is 3.48. The van der Waals surface area contributed by atoms with Crippen LogP contribution in [0.1, 0.15) is 24.1 Å². The molecule has 2 atom stereocenters. The van der Waals surface area contributed by atoms with Gasteiger partial charge in [0.05, 0.1) is 0 Å². The fourth-order valence-electron chi connectivity index (χ4n) is 2.75. The number of hydrogen-bond acceptors (Lipinski definition) is 1. The van der Waals surface area contributed by atoms with Crippen LogP contribution in [0.2, 0.25) is 0 Å². The standard InChI is InChI=1S/C19H19NO/c1-15(20(21)14-16-8-3-2-4-9-16)18-13-7-11-17-10-5-6-12-19(17)18/h2-13,15,20H,14H2,1H3. The predicted molar refractivity (Wildman–Crippen MR) is 86.8 cm³/mol. The summed E-state index contributed by atoms with van der Waals surface area (Å²) in [4.78, 5) is 0. The third kappa shape index (κ3) is 2.97. The van der Waals surface area contributed by atoms with Crippen molar-refractivity contribution in [3.63, 3.8) is 0 Å². The molecule has 0 aliphatic heterocycles. The normalized spacial score (nSPS) is 14.0. The molecule has 2 unspecified atom stereocenters. The molecule has 0 saturated heterocycles. The maximum atomic E-state index is 12.6. The molecule has 0 radical (unpaired) electrons. The van der Waals surface area contributed by atoms with Crippen LogP contribution in [0.3, 0.4) is 0 Å². The smallest absolute Gasteiger partial charge is 0.111 e. The second-order valence-corrected chi connectivity index (χ2v) is 5.42. The van der Waals surface area contributed by atoms with Crippen molar-refractivity contribution in [3.8, 4) is 0 Å². The van der Waals surface area contributed by atoms with Gasteiger partial charge in [-0.15, -0.1) is 0 Å². The molecule has 0 heterocycles. The lowest BCUT2D eigenvalue weighted by molar-refractivity contribution is -0.893. The molecule has 2 heteroatoms. The molecule has 2 nitrogen and oxygen atoms in total. The van der Waals surface area contributed by atoms with Crippen LogP contribution in [-0.4, -0.2) is 0 Å². The second kappa shape index (κ2) is 6.08. The van der Waals surface area contributed by atoms with Crippen molar-refractivity contribution < 1.29 is 5.06 Å². The Bertz CT molecular complexity index is 718. The zero-order valence-corrected chi connectivity index (χ0v) is 12.1. The summed E-state index contributed by atoms with van der Waals surface area (Å²) in [5, 5.41) is 15.2. The molecule has 0 saturated carbocycles. The Hall–Kier alpha value is -2.16. The summed E-state index contributed by atoms with van der Waals surface area (Å²) in [6, 6.07) is 24.3. The van der Waals surface area contributed by atoms with E-state index in [2.05, 4.69) is 24.3 Å². The topological polar surface area (TPSA) is 27.5 Å². The van der Waals surface area contributed by atoms with E-state index < -0.39 is 0 Å². The van der Waals surface area contributed by atoms with Gasteiger partial charge < -0.3 is 10.3 Å². The lowest BCUT2D eigenvalue weighted by Crippen LogP contribution is -3.05. The Morgan fingerprint density at radius 3 is 2.33 bits per heavy atom. The van der Waals surface area contributed by atoms with E-state index in [0.717, 1.165) is 11.1 Å². The van der Waals surface area contributed by atoms with Crippen LogP contribution in [0, 0.1) is 5.21 Å². The van der Waals surface area contributed by atoms with Gasteiger partial charge in [0.1, 0.15) is 12.6 Å². The van der Waals surface area contributed by atoms with Crippen LogP contribution in [0.15, 0.2) is 72.8 Å². The number of nitrogens with one attached hydrogen (secondary N) is 1. The molecular weight excluding hydrogens is 258 g/mol. The van der Waals surface area contributed by atoms with Crippen molar-refractivity contribution in [2.45, 2.75) is 19.5 Å². The Morgan fingerprint density at radius 2 is 1.52 bits per heavy atom. The zero-order valence-electron chi connectivity index (χ0n) is 12.1. The lowest BCUT2D eigenvalue weighted by atomic mass is 9.99.